The minimum atomic E-state index is -0.297. The summed E-state index contributed by atoms with van der Waals surface area (Å²) in [4.78, 5) is 22.9. The molecular weight excluding hydrogens is 316 g/mol. The van der Waals surface area contributed by atoms with E-state index in [1.165, 1.54) is 0 Å². The first-order valence-corrected chi connectivity index (χ1v) is 7.74. The van der Waals surface area contributed by atoms with E-state index in [0.29, 0.717) is 18.9 Å². The van der Waals surface area contributed by atoms with Gasteiger partial charge in [0, 0.05) is 31.0 Å². The zero-order chi connectivity index (χ0) is 16.2. The molecular formula is C16H17ClN4O2. The fraction of sp³-hybridized carbons (Fsp3) is 0.312. The fourth-order valence-electron chi connectivity index (χ4n) is 2.33. The lowest BCUT2D eigenvalue weighted by Gasteiger charge is -2.28. The van der Waals surface area contributed by atoms with Crippen LogP contribution in [0.5, 0.6) is 0 Å². The molecule has 3 rings (SSSR count). The highest BCUT2D eigenvalue weighted by Crippen LogP contribution is 2.22. The predicted molar refractivity (Wildman–Crippen MR) is 89.2 cm³/mol. The van der Waals surface area contributed by atoms with Crippen molar-refractivity contribution in [3.63, 3.8) is 0 Å². The van der Waals surface area contributed by atoms with E-state index >= 15 is 0 Å². The lowest BCUT2D eigenvalue weighted by molar-refractivity contribution is 0.102. The zero-order valence-corrected chi connectivity index (χ0v) is 13.5. The van der Waals surface area contributed by atoms with Crippen molar-refractivity contribution in [2.75, 3.05) is 36.5 Å². The number of aromatic nitrogens is 2. The molecule has 2 aromatic heterocycles. The molecule has 120 valence electrons. The molecule has 1 N–H and O–H groups in total. The average molecular weight is 333 g/mol. The molecule has 3 heterocycles. The minimum absolute atomic E-state index is 0.279. The number of carbonyl (C=O) groups excluding carboxylic acids is 1. The highest BCUT2D eigenvalue weighted by atomic mass is 35.5. The number of morpholine rings is 1. The number of ether oxygens (including phenoxy) is 1. The van der Waals surface area contributed by atoms with Gasteiger partial charge in [0.1, 0.15) is 16.7 Å². The number of halogens is 1. The van der Waals surface area contributed by atoms with Gasteiger partial charge in [0.15, 0.2) is 0 Å². The van der Waals surface area contributed by atoms with E-state index in [4.69, 9.17) is 16.3 Å². The van der Waals surface area contributed by atoms with Crippen LogP contribution in [0.15, 0.2) is 30.5 Å². The maximum atomic E-state index is 12.3. The standard InChI is InChI=1S/C16H17ClN4O2/c1-11-10-18-15(21-5-7-23-8-6-21)9-13(11)20-16(22)12-3-2-4-14(17)19-12/h2-4,9-10H,5-8H2,1H3,(H,18,20,22). The molecule has 1 fully saturated rings. The van der Waals surface area contributed by atoms with Gasteiger partial charge >= 0.3 is 0 Å². The maximum Gasteiger partial charge on any atom is 0.274 e. The normalized spacial score (nSPS) is 14.6. The first kappa shape index (κ1) is 15.7. The molecule has 1 aliphatic heterocycles. The third kappa shape index (κ3) is 3.78. The van der Waals surface area contributed by atoms with Crippen LogP contribution in [0, 0.1) is 6.92 Å². The van der Waals surface area contributed by atoms with Crippen LogP contribution in [0.2, 0.25) is 5.15 Å². The molecule has 1 saturated heterocycles. The van der Waals surface area contributed by atoms with Crippen LogP contribution in [0.4, 0.5) is 11.5 Å². The number of rotatable bonds is 3. The number of hydrogen-bond donors (Lipinski definition) is 1. The first-order valence-electron chi connectivity index (χ1n) is 7.37. The van der Waals surface area contributed by atoms with Gasteiger partial charge < -0.3 is 15.0 Å². The van der Waals surface area contributed by atoms with Crippen molar-refractivity contribution < 1.29 is 9.53 Å². The maximum absolute atomic E-state index is 12.3. The molecule has 0 spiro atoms. The first-order chi connectivity index (χ1) is 11.1. The lowest BCUT2D eigenvalue weighted by atomic mass is 10.2. The van der Waals surface area contributed by atoms with Gasteiger partial charge in [-0.3, -0.25) is 4.79 Å². The summed E-state index contributed by atoms with van der Waals surface area (Å²) in [6, 6.07) is 6.83. The van der Waals surface area contributed by atoms with Gasteiger partial charge in [-0.2, -0.15) is 0 Å². The Balaban J connectivity index is 1.80. The van der Waals surface area contributed by atoms with Crippen molar-refractivity contribution in [1.82, 2.24) is 9.97 Å². The second-order valence-corrected chi connectivity index (χ2v) is 5.64. The van der Waals surface area contributed by atoms with Crippen molar-refractivity contribution in [1.29, 1.82) is 0 Å². The Bertz CT molecular complexity index is 717. The molecule has 7 heteroatoms. The van der Waals surface area contributed by atoms with Crippen molar-refractivity contribution in [2.45, 2.75) is 6.92 Å². The minimum Gasteiger partial charge on any atom is -0.378 e. The summed E-state index contributed by atoms with van der Waals surface area (Å²) in [5, 5.41) is 3.17. The molecule has 1 amide bonds. The number of anilines is 2. The fourth-order valence-corrected chi connectivity index (χ4v) is 2.50. The topological polar surface area (TPSA) is 67.3 Å². The van der Waals surface area contributed by atoms with Crippen LogP contribution in [-0.4, -0.2) is 42.2 Å². The van der Waals surface area contributed by atoms with Crippen LogP contribution in [0.1, 0.15) is 16.1 Å². The van der Waals surface area contributed by atoms with E-state index in [2.05, 4.69) is 20.2 Å². The third-order valence-electron chi connectivity index (χ3n) is 3.62. The van der Waals surface area contributed by atoms with Crippen LogP contribution < -0.4 is 10.2 Å². The van der Waals surface area contributed by atoms with Gasteiger partial charge in [-0.1, -0.05) is 17.7 Å². The number of nitrogens with zero attached hydrogens (tertiary/aromatic N) is 3. The summed E-state index contributed by atoms with van der Waals surface area (Å²) in [5.74, 6) is 0.531. The van der Waals surface area contributed by atoms with Gasteiger partial charge in [0.2, 0.25) is 0 Å². The molecule has 0 aromatic carbocycles. The van der Waals surface area contributed by atoms with Gasteiger partial charge in [0.05, 0.1) is 13.2 Å². The van der Waals surface area contributed by atoms with E-state index < -0.39 is 0 Å². The van der Waals surface area contributed by atoms with E-state index in [1.807, 2.05) is 13.0 Å². The van der Waals surface area contributed by atoms with Gasteiger partial charge in [-0.05, 0) is 24.6 Å². The number of amides is 1. The van der Waals surface area contributed by atoms with E-state index in [-0.39, 0.29) is 16.8 Å². The molecule has 1 aliphatic rings. The lowest BCUT2D eigenvalue weighted by Crippen LogP contribution is -2.36. The zero-order valence-electron chi connectivity index (χ0n) is 12.8. The summed E-state index contributed by atoms with van der Waals surface area (Å²) in [7, 11) is 0. The van der Waals surface area contributed by atoms with Crippen LogP contribution in [0.3, 0.4) is 0 Å². The van der Waals surface area contributed by atoms with Crippen molar-refractivity contribution in [2.24, 2.45) is 0 Å². The third-order valence-corrected chi connectivity index (χ3v) is 3.83. The smallest absolute Gasteiger partial charge is 0.274 e. The number of hydrogen-bond acceptors (Lipinski definition) is 5. The average Bonchev–Trinajstić information content (AvgIpc) is 2.57. The molecule has 0 saturated carbocycles. The van der Waals surface area contributed by atoms with Crippen LogP contribution in [-0.2, 0) is 4.74 Å². The number of aryl methyl sites for hydroxylation is 1. The Morgan fingerprint density at radius 3 is 2.87 bits per heavy atom. The summed E-state index contributed by atoms with van der Waals surface area (Å²) in [6.45, 7) is 4.85. The molecule has 0 unspecified atom stereocenters. The Morgan fingerprint density at radius 1 is 1.35 bits per heavy atom. The van der Waals surface area contributed by atoms with E-state index in [1.54, 1.807) is 24.4 Å². The van der Waals surface area contributed by atoms with Gasteiger partial charge in [-0.15, -0.1) is 0 Å². The quantitative estimate of drug-likeness (QED) is 0.875. The summed E-state index contributed by atoms with van der Waals surface area (Å²) < 4.78 is 5.35. The molecule has 0 aliphatic carbocycles. The predicted octanol–water partition coefficient (Wildman–Crippen LogP) is 2.53. The second-order valence-electron chi connectivity index (χ2n) is 5.26. The molecule has 0 atom stereocenters. The van der Waals surface area contributed by atoms with Crippen molar-refractivity contribution in [3.05, 3.63) is 46.9 Å². The summed E-state index contributed by atoms with van der Waals surface area (Å²) >= 11 is 5.83. The number of pyridine rings is 2. The largest absolute Gasteiger partial charge is 0.378 e. The monoisotopic (exact) mass is 332 g/mol. The number of nitrogens with one attached hydrogen (secondary N) is 1. The highest BCUT2D eigenvalue weighted by molar-refractivity contribution is 6.29. The summed E-state index contributed by atoms with van der Waals surface area (Å²) in [5.41, 5.74) is 1.88. The Kier molecular flexibility index (Phi) is 4.73. The van der Waals surface area contributed by atoms with Gasteiger partial charge in [-0.25, -0.2) is 9.97 Å². The Hall–Kier alpha value is -2.18. The Morgan fingerprint density at radius 2 is 2.13 bits per heavy atom. The molecule has 0 radical (unpaired) electrons. The highest BCUT2D eigenvalue weighted by Gasteiger charge is 2.15. The van der Waals surface area contributed by atoms with Gasteiger partial charge in [0.25, 0.3) is 5.91 Å². The van der Waals surface area contributed by atoms with Crippen LogP contribution in [0.25, 0.3) is 0 Å². The number of carbonyl (C=O) groups is 1. The van der Waals surface area contributed by atoms with E-state index in [0.717, 1.165) is 24.5 Å². The van der Waals surface area contributed by atoms with Crippen molar-refractivity contribution >= 4 is 29.0 Å². The molecule has 0 bridgehead atoms. The van der Waals surface area contributed by atoms with Crippen LogP contribution >= 0.6 is 11.6 Å². The molecule has 2 aromatic rings. The summed E-state index contributed by atoms with van der Waals surface area (Å²) in [6.07, 6.45) is 1.76. The second kappa shape index (κ2) is 6.93. The van der Waals surface area contributed by atoms with Crippen molar-refractivity contribution in [3.8, 4) is 0 Å². The molecule has 23 heavy (non-hydrogen) atoms. The van der Waals surface area contributed by atoms with E-state index in [9.17, 15) is 4.79 Å². The Labute approximate surface area is 139 Å². The SMILES string of the molecule is Cc1cnc(N2CCOCC2)cc1NC(=O)c1cccc(Cl)n1. The molecule has 6 nitrogen and oxygen atoms in total.